The average molecular weight is 380 g/mol. The van der Waals surface area contributed by atoms with Gasteiger partial charge in [-0.1, -0.05) is 30.3 Å². The lowest BCUT2D eigenvalue weighted by atomic mass is 9.79. The van der Waals surface area contributed by atoms with Crippen molar-refractivity contribution < 1.29 is 9.53 Å². The van der Waals surface area contributed by atoms with Crippen LogP contribution in [0.2, 0.25) is 0 Å². The number of benzene rings is 1. The van der Waals surface area contributed by atoms with Gasteiger partial charge in [0.05, 0.1) is 12.7 Å². The lowest BCUT2D eigenvalue weighted by molar-refractivity contribution is 0.0691. The van der Waals surface area contributed by atoms with E-state index in [2.05, 4.69) is 45.2 Å². The second-order valence-corrected chi connectivity index (χ2v) is 8.05. The number of hydrogen-bond donors (Lipinski definition) is 0. The number of aromatic nitrogens is 2. The fourth-order valence-corrected chi connectivity index (χ4v) is 4.59. The van der Waals surface area contributed by atoms with Gasteiger partial charge in [-0.2, -0.15) is 0 Å². The van der Waals surface area contributed by atoms with Gasteiger partial charge in [-0.3, -0.25) is 4.79 Å². The van der Waals surface area contributed by atoms with Crippen LogP contribution in [0.15, 0.2) is 42.7 Å². The van der Waals surface area contributed by atoms with Crippen LogP contribution in [0.25, 0.3) is 0 Å². The normalized spacial score (nSPS) is 22.5. The minimum atomic E-state index is 0.0286. The van der Waals surface area contributed by atoms with Crippen molar-refractivity contribution in [2.24, 2.45) is 5.41 Å². The molecule has 28 heavy (non-hydrogen) atoms. The Kier molecular flexibility index (Phi) is 5.57. The summed E-state index contributed by atoms with van der Waals surface area (Å²) < 4.78 is 4.98. The minimum absolute atomic E-state index is 0.0286. The number of carbonyl (C=O) groups excluding carboxylic acids is 1. The molecule has 0 aliphatic carbocycles. The number of rotatable bonds is 5. The van der Waals surface area contributed by atoms with Crippen molar-refractivity contribution in [3.05, 3.63) is 53.9 Å². The number of likely N-dealkylation sites (tertiary alicyclic amines) is 2. The molecule has 4 rings (SSSR count). The van der Waals surface area contributed by atoms with E-state index in [1.165, 1.54) is 25.5 Å². The number of amides is 1. The molecule has 3 heterocycles. The standard InChI is InChI=1S/C22H28N4O2/c1-28-21-23-14-19(15-24-21)20(27)26-13-10-22(17-26)9-5-11-25(16-22)12-8-18-6-3-2-4-7-18/h2-4,6-7,14-15H,5,8-13,16-17H2,1H3. The van der Waals surface area contributed by atoms with Crippen LogP contribution in [0.1, 0.15) is 35.2 Å². The molecule has 6 nitrogen and oxygen atoms in total. The van der Waals surface area contributed by atoms with Crippen LogP contribution >= 0.6 is 0 Å². The number of piperidine rings is 1. The molecule has 2 aliphatic rings. The van der Waals surface area contributed by atoms with E-state index in [0.29, 0.717) is 5.56 Å². The van der Waals surface area contributed by atoms with Crippen LogP contribution in [0.4, 0.5) is 0 Å². The number of ether oxygens (including phenoxy) is 1. The molecular formula is C22H28N4O2. The molecule has 2 aromatic rings. The monoisotopic (exact) mass is 380 g/mol. The summed E-state index contributed by atoms with van der Waals surface area (Å²) in [4.78, 5) is 25.6. The molecule has 0 saturated carbocycles. The highest BCUT2D eigenvalue weighted by atomic mass is 16.5. The number of methoxy groups -OCH3 is 1. The third-order valence-electron chi connectivity index (χ3n) is 6.08. The Morgan fingerprint density at radius 2 is 1.89 bits per heavy atom. The van der Waals surface area contributed by atoms with Crippen molar-refractivity contribution in [1.82, 2.24) is 19.8 Å². The van der Waals surface area contributed by atoms with Crippen LogP contribution < -0.4 is 4.74 Å². The second kappa shape index (κ2) is 8.27. The number of nitrogens with zero attached hydrogens (tertiary/aromatic N) is 4. The SMILES string of the molecule is COc1ncc(C(=O)N2CCC3(CCCN(CCc4ccccc4)C3)C2)cn1. The highest BCUT2D eigenvalue weighted by Crippen LogP contribution is 2.39. The quantitative estimate of drug-likeness (QED) is 0.798. The van der Waals surface area contributed by atoms with Gasteiger partial charge in [0.1, 0.15) is 0 Å². The second-order valence-electron chi connectivity index (χ2n) is 8.05. The Morgan fingerprint density at radius 3 is 2.64 bits per heavy atom. The summed E-state index contributed by atoms with van der Waals surface area (Å²) >= 11 is 0. The first-order chi connectivity index (χ1) is 13.7. The largest absolute Gasteiger partial charge is 0.467 e. The van der Waals surface area contributed by atoms with Crippen molar-refractivity contribution in [3.8, 4) is 6.01 Å². The Labute approximate surface area is 166 Å². The summed E-state index contributed by atoms with van der Waals surface area (Å²) in [5.41, 5.74) is 2.16. The predicted molar refractivity (Wildman–Crippen MR) is 107 cm³/mol. The van der Waals surface area contributed by atoms with Gasteiger partial charge in [-0.15, -0.1) is 0 Å². The number of carbonyl (C=O) groups is 1. The Hall–Kier alpha value is -2.47. The van der Waals surface area contributed by atoms with E-state index in [-0.39, 0.29) is 17.3 Å². The number of hydrogen-bond acceptors (Lipinski definition) is 5. The summed E-state index contributed by atoms with van der Waals surface area (Å²) in [6, 6.07) is 11.0. The van der Waals surface area contributed by atoms with Crippen LogP contribution in [0.3, 0.4) is 0 Å². The van der Waals surface area contributed by atoms with Gasteiger partial charge < -0.3 is 14.5 Å². The van der Waals surface area contributed by atoms with Crippen molar-refractivity contribution in [2.45, 2.75) is 25.7 Å². The van der Waals surface area contributed by atoms with Crippen LogP contribution in [0.5, 0.6) is 6.01 Å². The molecular weight excluding hydrogens is 352 g/mol. The molecule has 1 amide bonds. The third-order valence-corrected chi connectivity index (χ3v) is 6.08. The molecule has 0 bridgehead atoms. The third kappa shape index (κ3) is 4.17. The minimum Gasteiger partial charge on any atom is -0.467 e. The molecule has 1 aromatic carbocycles. The van der Waals surface area contributed by atoms with Crippen LogP contribution in [-0.4, -0.2) is 65.5 Å². The highest BCUT2D eigenvalue weighted by molar-refractivity contribution is 5.93. The van der Waals surface area contributed by atoms with E-state index in [1.54, 1.807) is 12.4 Å². The summed E-state index contributed by atoms with van der Waals surface area (Å²) in [6.45, 7) is 4.99. The predicted octanol–water partition coefficient (Wildman–Crippen LogP) is 2.66. The Bertz CT molecular complexity index is 796. The fourth-order valence-electron chi connectivity index (χ4n) is 4.59. The van der Waals surface area contributed by atoms with Crippen molar-refractivity contribution in [2.75, 3.05) is 39.8 Å². The molecule has 1 atom stereocenters. The van der Waals surface area contributed by atoms with E-state index >= 15 is 0 Å². The topological polar surface area (TPSA) is 58.6 Å². The molecule has 1 unspecified atom stereocenters. The first-order valence-electron chi connectivity index (χ1n) is 10.1. The van der Waals surface area contributed by atoms with Gasteiger partial charge in [0.2, 0.25) is 0 Å². The Morgan fingerprint density at radius 1 is 1.11 bits per heavy atom. The Balaban J connectivity index is 1.35. The maximum absolute atomic E-state index is 12.9. The zero-order chi connectivity index (χ0) is 19.4. The summed E-state index contributed by atoms with van der Waals surface area (Å²) in [6.07, 6.45) is 7.71. The summed E-state index contributed by atoms with van der Waals surface area (Å²) in [7, 11) is 1.52. The van der Waals surface area contributed by atoms with Crippen LogP contribution in [-0.2, 0) is 6.42 Å². The molecule has 1 aromatic heterocycles. The lowest BCUT2D eigenvalue weighted by Gasteiger charge is -2.40. The summed E-state index contributed by atoms with van der Waals surface area (Å²) in [5, 5.41) is 0. The lowest BCUT2D eigenvalue weighted by Crippen LogP contribution is -2.46. The molecule has 2 fully saturated rings. The molecule has 0 radical (unpaired) electrons. The van der Waals surface area contributed by atoms with Gasteiger partial charge in [0.25, 0.3) is 5.91 Å². The van der Waals surface area contributed by atoms with E-state index < -0.39 is 0 Å². The maximum atomic E-state index is 12.9. The fraction of sp³-hybridized carbons (Fsp3) is 0.500. The van der Waals surface area contributed by atoms with Gasteiger partial charge in [-0.05, 0) is 37.8 Å². The molecule has 2 saturated heterocycles. The van der Waals surface area contributed by atoms with Crippen LogP contribution in [0, 0.1) is 5.41 Å². The van der Waals surface area contributed by atoms with E-state index in [1.807, 2.05) is 4.90 Å². The highest BCUT2D eigenvalue weighted by Gasteiger charge is 2.42. The molecule has 1 spiro atoms. The van der Waals surface area contributed by atoms with Gasteiger partial charge in [-0.25, -0.2) is 9.97 Å². The average Bonchev–Trinajstić information content (AvgIpc) is 3.15. The molecule has 2 aliphatic heterocycles. The molecule has 0 N–H and O–H groups in total. The zero-order valence-electron chi connectivity index (χ0n) is 16.5. The summed E-state index contributed by atoms with van der Waals surface area (Å²) in [5.74, 6) is 0.0286. The smallest absolute Gasteiger partial charge is 0.316 e. The van der Waals surface area contributed by atoms with E-state index in [0.717, 1.165) is 45.6 Å². The van der Waals surface area contributed by atoms with E-state index in [4.69, 9.17) is 4.74 Å². The van der Waals surface area contributed by atoms with Gasteiger partial charge >= 0.3 is 6.01 Å². The molecule has 6 heteroatoms. The van der Waals surface area contributed by atoms with Gasteiger partial charge in [0, 0.05) is 44.0 Å². The first-order valence-corrected chi connectivity index (χ1v) is 10.1. The van der Waals surface area contributed by atoms with E-state index in [9.17, 15) is 4.79 Å². The van der Waals surface area contributed by atoms with Crippen molar-refractivity contribution in [3.63, 3.8) is 0 Å². The molecule has 148 valence electrons. The van der Waals surface area contributed by atoms with Crippen molar-refractivity contribution in [1.29, 1.82) is 0 Å². The van der Waals surface area contributed by atoms with Crippen molar-refractivity contribution >= 4 is 5.91 Å². The maximum Gasteiger partial charge on any atom is 0.316 e. The van der Waals surface area contributed by atoms with Gasteiger partial charge in [0.15, 0.2) is 0 Å². The first kappa shape index (κ1) is 18.9. The zero-order valence-corrected chi connectivity index (χ0v) is 16.5.